The highest BCUT2D eigenvalue weighted by molar-refractivity contribution is 5.35. The van der Waals surface area contributed by atoms with Crippen molar-refractivity contribution in [3.05, 3.63) is 35.4 Å². The van der Waals surface area contributed by atoms with Gasteiger partial charge < -0.3 is 10.8 Å². The molecule has 1 aliphatic carbocycles. The van der Waals surface area contributed by atoms with Gasteiger partial charge in [-0.2, -0.15) is 5.26 Å². The first-order valence-electron chi connectivity index (χ1n) is 6.57. The molecule has 0 aliphatic heterocycles. The molecule has 96 valence electrons. The van der Waals surface area contributed by atoms with E-state index in [1.54, 1.807) is 6.07 Å². The highest BCUT2D eigenvalue weighted by atomic mass is 16.3. The fourth-order valence-electron chi connectivity index (χ4n) is 3.26. The van der Waals surface area contributed by atoms with Crippen molar-refractivity contribution in [1.29, 1.82) is 5.26 Å². The number of hydrogen-bond acceptors (Lipinski definition) is 3. The van der Waals surface area contributed by atoms with Crippen LogP contribution in [0.1, 0.15) is 42.7 Å². The number of aliphatic hydroxyl groups excluding tert-OH is 1. The molecule has 0 radical (unpaired) electrons. The number of aliphatic hydroxyl groups is 1. The fraction of sp³-hybridized carbons (Fsp3) is 0.533. The van der Waals surface area contributed by atoms with Gasteiger partial charge in [0.15, 0.2) is 0 Å². The summed E-state index contributed by atoms with van der Waals surface area (Å²) in [5, 5.41) is 18.8. The Balaban J connectivity index is 2.35. The normalized spacial score (nSPS) is 19.4. The first kappa shape index (κ1) is 13.1. The van der Waals surface area contributed by atoms with E-state index in [0.717, 1.165) is 31.2 Å². The average molecular weight is 244 g/mol. The molecular formula is C15H20N2O. The summed E-state index contributed by atoms with van der Waals surface area (Å²) in [5.41, 5.74) is 7.62. The molecule has 1 aromatic carbocycles. The third-order valence-corrected chi connectivity index (χ3v) is 4.31. The van der Waals surface area contributed by atoms with Gasteiger partial charge in [0.1, 0.15) is 0 Å². The molecule has 1 aromatic rings. The summed E-state index contributed by atoms with van der Waals surface area (Å²) < 4.78 is 0. The van der Waals surface area contributed by atoms with Gasteiger partial charge in [0, 0.05) is 17.9 Å². The Morgan fingerprint density at radius 3 is 2.67 bits per heavy atom. The standard InChI is InChI=1S/C15H20N2O/c16-9-12-4-3-5-13(8-12)14(10-17)15(11-18)6-1-2-7-15/h3-5,8,14,18H,1-2,6-7,10-11,17H2/t14-/m0/s1. The Morgan fingerprint density at radius 2 is 2.11 bits per heavy atom. The number of benzene rings is 1. The average Bonchev–Trinajstić information content (AvgIpc) is 2.90. The lowest BCUT2D eigenvalue weighted by molar-refractivity contribution is 0.103. The molecule has 2 rings (SSSR count). The predicted molar refractivity (Wildman–Crippen MR) is 70.9 cm³/mol. The van der Waals surface area contributed by atoms with Crippen LogP contribution in [0.3, 0.4) is 0 Å². The van der Waals surface area contributed by atoms with Crippen LogP contribution < -0.4 is 5.73 Å². The van der Waals surface area contributed by atoms with E-state index in [1.165, 1.54) is 0 Å². The van der Waals surface area contributed by atoms with Gasteiger partial charge in [0.25, 0.3) is 0 Å². The molecule has 3 heteroatoms. The Hall–Kier alpha value is -1.37. The van der Waals surface area contributed by atoms with E-state index in [0.29, 0.717) is 12.1 Å². The summed E-state index contributed by atoms with van der Waals surface area (Å²) in [4.78, 5) is 0. The van der Waals surface area contributed by atoms with Gasteiger partial charge in [-0.1, -0.05) is 25.0 Å². The van der Waals surface area contributed by atoms with Crippen LogP contribution in [0, 0.1) is 16.7 Å². The number of nitrogens with two attached hydrogens (primary N) is 1. The van der Waals surface area contributed by atoms with Crippen LogP contribution in [0.15, 0.2) is 24.3 Å². The minimum atomic E-state index is -0.0805. The maximum Gasteiger partial charge on any atom is 0.0991 e. The minimum absolute atomic E-state index is 0.0805. The first-order chi connectivity index (χ1) is 8.75. The summed E-state index contributed by atoms with van der Waals surface area (Å²) in [5.74, 6) is 0.151. The number of nitrogens with zero attached hydrogens (tertiary/aromatic N) is 1. The Labute approximate surface area is 108 Å². The fourth-order valence-corrected chi connectivity index (χ4v) is 3.26. The van der Waals surface area contributed by atoms with Crippen LogP contribution >= 0.6 is 0 Å². The summed E-state index contributed by atoms with van der Waals surface area (Å²) in [7, 11) is 0. The molecule has 1 saturated carbocycles. The van der Waals surface area contributed by atoms with E-state index in [-0.39, 0.29) is 17.9 Å². The molecule has 1 fully saturated rings. The lowest BCUT2D eigenvalue weighted by atomic mass is 9.71. The number of rotatable bonds is 4. The Kier molecular flexibility index (Phi) is 4.00. The van der Waals surface area contributed by atoms with Crippen molar-refractivity contribution in [3.63, 3.8) is 0 Å². The van der Waals surface area contributed by atoms with Crippen LogP contribution in [0.4, 0.5) is 0 Å². The molecule has 0 heterocycles. The van der Waals surface area contributed by atoms with Crippen molar-refractivity contribution in [2.75, 3.05) is 13.2 Å². The molecule has 0 saturated heterocycles. The maximum absolute atomic E-state index is 9.79. The van der Waals surface area contributed by atoms with E-state index < -0.39 is 0 Å². The Bertz CT molecular complexity index is 444. The summed E-state index contributed by atoms with van der Waals surface area (Å²) in [6.45, 7) is 0.709. The summed E-state index contributed by atoms with van der Waals surface area (Å²) >= 11 is 0. The van der Waals surface area contributed by atoms with Crippen molar-refractivity contribution in [1.82, 2.24) is 0 Å². The van der Waals surface area contributed by atoms with Gasteiger partial charge in [0.2, 0.25) is 0 Å². The smallest absolute Gasteiger partial charge is 0.0991 e. The van der Waals surface area contributed by atoms with Crippen LogP contribution in [-0.4, -0.2) is 18.3 Å². The molecular weight excluding hydrogens is 224 g/mol. The predicted octanol–water partition coefficient (Wildman–Crippen LogP) is 2.15. The molecule has 3 nitrogen and oxygen atoms in total. The van der Waals surface area contributed by atoms with Gasteiger partial charge in [-0.25, -0.2) is 0 Å². The second-order valence-electron chi connectivity index (χ2n) is 5.25. The first-order valence-corrected chi connectivity index (χ1v) is 6.57. The molecule has 0 spiro atoms. The molecule has 0 aromatic heterocycles. The third-order valence-electron chi connectivity index (χ3n) is 4.31. The quantitative estimate of drug-likeness (QED) is 0.852. The topological polar surface area (TPSA) is 70.0 Å². The molecule has 0 amide bonds. The second kappa shape index (κ2) is 5.51. The van der Waals surface area contributed by atoms with Gasteiger partial charge in [-0.15, -0.1) is 0 Å². The SMILES string of the molecule is N#Cc1cccc([C@H](CN)C2(CO)CCCC2)c1. The summed E-state index contributed by atoms with van der Waals surface area (Å²) in [6, 6.07) is 9.80. The zero-order chi connectivity index (χ0) is 13.0. The van der Waals surface area contributed by atoms with Gasteiger partial charge in [0.05, 0.1) is 11.6 Å². The van der Waals surface area contributed by atoms with Crippen LogP contribution in [0.25, 0.3) is 0 Å². The molecule has 3 N–H and O–H groups in total. The minimum Gasteiger partial charge on any atom is -0.396 e. The number of hydrogen-bond donors (Lipinski definition) is 2. The van der Waals surface area contributed by atoms with Crippen LogP contribution in [-0.2, 0) is 0 Å². The highest BCUT2D eigenvalue weighted by Gasteiger charge is 2.40. The van der Waals surface area contributed by atoms with Crippen molar-refractivity contribution >= 4 is 0 Å². The van der Waals surface area contributed by atoms with E-state index in [9.17, 15) is 5.11 Å². The molecule has 1 aliphatic rings. The van der Waals surface area contributed by atoms with E-state index in [2.05, 4.69) is 6.07 Å². The maximum atomic E-state index is 9.79. The van der Waals surface area contributed by atoms with Gasteiger partial charge in [-0.05, 0) is 37.1 Å². The van der Waals surface area contributed by atoms with Crippen molar-refractivity contribution in [2.24, 2.45) is 11.1 Å². The zero-order valence-corrected chi connectivity index (χ0v) is 10.6. The van der Waals surface area contributed by atoms with Crippen LogP contribution in [0.2, 0.25) is 0 Å². The van der Waals surface area contributed by atoms with Crippen molar-refractivity contribution in [2.45, 2.75) is 31.6 Å². The van der Waals surface area contributed by atoms with E-state index in [1.807, 2.05) is 18.2 Å². The Morgan fingerprint density at radius 1 is 1.39 bits per heavy atom. The van der Waals surface area contributed by atoms with Crippen LogP contribution in [0.5, 0.6) is 0 Å². The van der Waals surface area contributed by atoms with Crippen molar-refractivity contribution < 1.29 is 5.11 Å². The second-order valence-corrected chi connectivity index (χ2v) is 5.25. The molecule has 0 unspecified atom stereocenters. The third kappa shape index (κ3) is 2.27. The largest absolute Gasteiger partial charge is 0.396 e. The van der Waals surface area contributed by atoms with Gasteiger partial charge >= 0.3 is 0 Å². The molecule has 18 heavy (non-hydrogen) atoms. The van der Waals surface area contributed by atoms with Gasteiger partial charge in [-0.3, -0.25) is 0 Å². The summed E-state index contributed by atoms with van der Waals surface area (Å²) in [6.07, 6.45) is 4.38. The lowest BCUT2D eigenvalue weighted by Crippen LogP contribution is -2.34. The zero-order valence-electron chi connectivity index (χ0n) is 10.6. The molecule has 1 atom stereocenters. The van der Waals surface area contributed by atoms with E-state index in [4.69, 9.17) is 11.0 Å². The van der Waals surface area contributed by atoms with Crippen molar-refractivity contribution in [3.8, 4) is 6.07 Å². The van der Waals surface area contributed by atoms with E-state index >= 15 is 0 Å². The molecule has 0 bridgehead atoms. The lowest BCUT2D eigenvalue weighted by Gasteiger charge is -2.35. The highest BCUT2D eigenvalue weighted by Crippen LogP contribution is 2.48. The monoisotopic (exact) mass is 244 g/mol. The number of nitriles is 1.